The second-order valence-corrected chi connectivity index (χ2v) is 3.05. The van der Waals surface area contributed by atoms with E-state index in [2.05, 4.69) is 0 Å². The van der Waals surface area contributed by atoms with Gasteiger partial charge in [0.1, 0.15) is 0 Å². The highest BCUT2D eigenvalue weighted by atomic mass is 35.5. The van der Waals surface area contributed by atoms with E-state index in [9.17, 15) is 9.59 Å². The first kappa shape index (κ1) is 9.29. The Hall–Kier alpha value is -0.800. The van der Waals surface area contributed by atoms with E-state index in [1.54, 1.807) is 0 Å². The number of hydrogen-bond donors (Lipinski definition) is 1. The van der Waals surface area contributed by atoms with E-state index in [1.165, 1.54) is 12.2 Å². The molecule has 1 N–H and O–H groups in total. The van der Waals surface area contributed by atoms with Gasteiger partial charge in [-0.05, 0) is 12.2 Å². The summed E-state index contributed by atoms with van der Waals surface area (Å²) < 4.78 is 0. The Morgan fingerprint density at radius 1 is 1.42 bits per heavy atom. The maximum absolute atomic E-state index is 11.1. The minimum absolute atomic E-state index is 0.0168. The first-order valence-electron chi connectivity index (χ1n) is 3.04. The van der Waals surface area contributed by atoms with E-state index in [1.807, 2.05) is 0 Å². The molecule has 0 radical (unpaired) electrons. The number of ketones is 1. The molecular formula is C7H4Cl2O3. The summed E-state index contributed by atoms with van der Waals surface area (Å²) in [5.74, 6) is -3.28. The fourth-order valence-corrected chi connectivity index (χ4v) is 1.25. The number of carbonyl (C=O) groups is 2. The van der Waals surface area contributed by atoms with Gasteiger partial charge in [0.15, 0.2) is 11.7 Å². The number of carboxylic acid groups (broad SMARTS) is 1. The third kappa shape index (κ3) is 1.52. The molecule has 0 bridgehead atoms. The van der Waals surface area contributed by atoms with Crippen LogP contribution in [-0.4, -0.2) is 16.9 Å². The van der Waals surface area contributed by atoms with Gasteiger partial charge in [-0.1, -0.05) is 23.2 Å². The largest absolute Gasteiger partial charge is 0.480 e. The Morgan fingerprint density at radius 2 is 2.00 bits per heavy atom. The molecule has 0 aromatic carbocycles. The van der Waals surface area contributed by atoms with E-state index < -0.39 is 17.7 Å². The molecule has 64 valence electrons. The van der Waals surface area contributed by atoms with Gasteiger partial charge in [-0.15, -0.1) is 0 Å². The standard InChI is InChI=1S/C7H4Cl2O3/c8-3-1-2-4(9)6(10)5(3)7(11)12/h1-2,5H,(H,11,12). The van der Waals surface area contributed by atoms with E-state index >= 15 is 0 Å². The summed E-state index contributed by atoms with van der Waals surface area (Å²) in [5, 5.41) is 8.44. The third-order valence-electron chi connectivity index (χ3n) is 1.41. The van der Waals surface area contributed by atoms with Crippen LogP contribution in [-0.2, 0) is 9.59 Å². The van der Waals surface area contributed by atoms with E-state index in [0.29, 0.717) is 0 Å². The molecule has 0 amide bonds. The smallest absolute Gasteiger partial charge is 0.319 e. The molecule has 1 aliphatic rings. The summed E-state index contributed by atoms with van der Waals surface area (Å²) in [7, 11) is 0. The van der Waals surface area contributed by atoms with E-state index in [4.69, 9.17) is 28.3 Å². The van der Waals surface area contributed by atoms with Crippen molar-refractivity contribution in [1.29, 1.82) is 0 Å². The Kier molecular flexibility index (Phi) is 2.55. The molecule has 12 heavy (non-hydrogen) atoms. The predicted octanol–water partition coefficient (Wildman–Crippen LogP) is 1.52. The Labute approximate surface area is 78.3 Å². The Morgan fingerprint density at radius 3 is 2.42 bits per heavy atom. The van der Waals surface area contributed by atoms with E-state index in [-0.39, 0.29) is 10.1 Å². The van der Waals surface area contributed by atoms with Crippen LogP contribution in [0.5, 0.6) is 0 Å². The van der Waals surface area contributed by atoms with Crippen molar-refractivity contribution in [3.05, 3.63) is 22.2 Å². The van der Waals surface area contributed by atoms with Gasteiger partial charge < -0.3 is 5.11 Å². The number of rotatable bonds is 1. The molecule has 5 heteroatoms. The molecule has 3 nitrogen and oxygen atoms in total. The zero-order chi connectivity index (χ0) is 9.30. The summed E-state index contributed by atoms with van der Waals surface area (Å²) in [6, 6.07) is 0. The lowest BCUT2D eigenvalue weighted by molar-refractivity contribution is -0.143. The monoisotopic (exact) mass is 206 g/mol. The Balaban J connectivity index is 3.05. The fourth-order valence-electron chi connectivity index (χ4n) is 0.824. The lowest BCUT2D eigenvalue weighted by Gasteiger charge is -2.12. The van der Waals surface area contributed by atoms with Crippen LogP contribution in [0.25, 0.3) is 0 Å². The maximum Gasteiger partial charge on any atom is 0.319 e. The van der Waals surface area contributed by atoms with Crippen LogP contribution in [0.4, 0.5) is 0 Å². The van der Waals surface area contributed by atoms with Crippen molar-refractivity contribution >= 4 is 35.0 Å². The second kappa shape index (κ2) is 3.29. The highest BCUT2D eigenvalue weighted by molar-refractivity contribution is 6.47. The Bertz CT molecular complexity index is 302. The minimum atomic E-state index is -1.33. The number of carboxylic acids is 1. The van der Waals surface area contributed by atoms with Crippen molar-refractivity contribution in [1.82, 2.24) is 0 Å². The van der Waals surface area contributed by atoms with E-state index in [0.717, 1.165) is 0 Å². The SMILES string of the molecule is O=C(O)C1C(=O)C(Cl)=CC=C1Cl. The third-order valence-corrected chi connectivity index (χ3v) is 2.07. The average Bonchev–Trinajstić information content (AvgIpc) is 1.97. The lowest BCUT2D eigenvalue weighted by Crippen LogP contribution is -2.26. The summed E-state index contributed by atoms with van der Waals surface area (Å²) in [5.41, 5.74) is 0. The number of carbonyl (C=O) groups excluding carboxylic acids is 1. The number of allylic oxidation sites excluding steroid dienone is 3. The number of hydrogen-bond acceptors (Lipinski definition) is 2. The molecule has 1 rings (SSSR count). The maximum atomic E-state index is 11.1. The molecule has 1 unspecified atom stereocenters. The van der Waals surface area contributed by atoms with Gasteiger partial charge in [-0.2, -0.15) is 0 Å². The van der Waals surface area contributed by atoms with Gasteiger partial charge in [-0.25, -0.2) is 0 Å². The molecule has 0 spiro atoms. The zero-order valence-electron chi connectivity index (χ0n) is 5.75. The van der Waals surface area contributed by atoms with Crippen molar-refractivity contribution < 1.29 is 14.7 Å². The van der Waals surface area contributed by atoms with Crippen LogP contribution in [0.2, 0.25) is 0 Å². The van der Waals surface area contributed by atoms with Gasteiger partial charge in [0, 0.05) is 5.03 Å². The highest BCUT2D eigenvalue weighted by Crippen LogP contribution is 2.26. The highest BCUT2D eigenvalue weighted by Gasteiger charge is 2.32. The van der Waals surface area contributed by atoms with Crippen LogP contribution < -0.4 is 0 Å². The van der Waals surface area contributed by atoms with Gasteiger partial charge in [0.05, 0.1) is 5.03 Å². The molecule has 0 aromatic heterocycles. The lowest BCUT2D eigenvalue weighted by atomic mass is 9.99. The fraction of sp³-hybridized carbons (Fsp3) is 0.143. The first-order valence-corrected chi connectivity index (χ1v) is 3.79. The van der Waals surface area contributed by atoms with Crippen LogP contribution in [0, 0.1) is 5.92 Å². The summed E-state index contributed by atoms with van der Waals surface area (Å²) in [6.45, 7) is 0. The minimum Gasteiger partial charge on any atom is -0.480 e. The van der Waals surface area contributed by atoms with Crippen LogP contribution in [0.3, 0.4) is 0 Å². The topological polar surface area (TPSA) is 54.4 Å². The van der Waals surface area contributed by atoms with Crippen molar-refractivity contribution in [3.63, 3.8) is 0 Å². The van der Waals surface area contributed by atoms with Crippen molar-refractivity contribution in [2.45, 2.75) is 0 Å². The van der Waals surface area contributed by atoms with Crippen molar-refractivity contribution in [2.75, 3.05) is 0 Å². The quantitative estimate of drug-likeness (QED) is 0.663. The number of aliphatic carboxylic acids is 1. The normalized spacial score (nSPS) is 23.2. The molecule has 1 aliphatic carbocycles. The molecule has 0 saturated heterocycles. The summed E-state index contributed by atoms with van der Waals surface area (Å²) in [4.78, 5) is 21.6. The molecular weight excluding hydrogens is 203 g/mol. The molecule has 0 aromatic rings. The predicted molar refractivity (Wildman–Crippen MR) is 44.0 cm³/mol. The van der Waals surface area contributed by atoms with Gasteiger partial charge in [0.25, 0.3) is 0 Å². The molecule has 0 aliphatic heterocycles. The van der Waals surface area contributed by atoms with Crippen LogP contribution >= 0.6 is 23.2 Å². The molecule has 0 heterocycles. The van der Waals surface area contributed by atoms with Gasteiger partial charge >= 0.3 is 5.97 Å². The van der Waals surface area contributed by atoms with Gasteiger partial charge in [0.2, 0.25) is 0 Å². The van der Waals surface area contributed by atoms with Crippen LogP contribution in [0.1, 0.15) is 0 Å². The van der Waals surface area contributed by atoms with Crippen LogP contribution in [0.15, 0.2) is 22.2 Å². The molecule has 0 fully saturated rings. The second-order valence-electron chi connectivity index (χ2n) is 2.20. The van der Waals surface area contributed by atoms with Crippen molar-refractivity contribution in [2.24, 2.45) is 5.92 Å². The molecule has 1 atom stereocenters. The van der Waals surface area contributed by atoms with Gasteiger partial charge in [-0.3, -0.25) is 9.59 Å². The number of halogens is 2. The average molecular weight is 207 g/mol. The number of Topliss-reactive ketones (excluding diaryl/α,β-unsaturated/α-hetero) is 1. The molecule has 0 saturated carbocycles. The zero-order valence-corrected chi connectivity index (χ0v) is 7.26. The first-order chi connectivity index (χ1) is 5.54. The van der Waals surface area contributed by atoms with Crippen molar-refractivity contribution in [3.8, 4) is 0 Å². The summed E-state index contributed by atoms with van der Waals surface area (Å²) >= 11 is 10.9. The summed E-state index contributed by atoms with van der Waals surface area (Å²) in [6.07, 6.45) is 2.59.